The fourth-order valence-electron chi connectivity index (χ4n) is 3.52. The topological polar surface area (TPSA) is 136 Å². The molecule has 2 aromatic heterocycles. The average Bonchev–Trinajstić information content (AvgIpc) is 2.88. The summed E-state index contributed by atoms with van der Waals surface area (Å²) in [5, 5.41) is 13.5. The number of methoxy groups -OCH3 is 1. The summed E-state index contributed by atoms with van der Waals surface area (Å²) in [4.78, 5) is 27.6. The number of benzene rings is 2. The van der Waals surface area contributed by atoms with Crippen molar-refractivity contribution in [3.8, 4) is 29.2 Å². The minimum atomic E-state index is -0.298. The summed E-state index contributed by atoms with van der Waals surface area (Å²) in [6, 6.07) is 11.8. The van der Waals surface area contributed by atoms with Crippen LogP contribution in [0.5, 0.6) is 17.4 Å². The number of carbonyl (C=O) groups excluding carboxylic acids is 1. The highest BCUT2D eigenvalue weighted by atomic mass is 16.5. The molecule has 0 atom stereocenters. The molecule has 0 saturated heterocycles. The van der Waals surface area contributed by atoms with Crippen molar-refractivity contribution in [2.75, 3.05) is 45.4 Å². The van der Waals surface area contributed by atoms with E-state index in [0.717, 1.165) is 12.1 Å². The second-order valence-corrected chi connectivity index (χ2v) is 8.74. The molecule has 4 aromatic rings. The first kappa shape index (κ1) is 26.2. The molecule has 194 valence electrons. The van der Waals surface area contributed by atoms with Crippen LogP contribution in [-0.2, 0) is 0 Å². The van der Waals surface area contributed by atoms with Crippen LogP contribution in [0.25, 0.3) is 10.9 Å². The lowest BCUT2D eigenvalue weighted by atomic mass is 10.0. The second kappa shape index (κ2) is 11.5. The number of likely N-dealkylation sites (N-methyl/N-ethyl adjacent to an activating group) is 1. The zero-order valence-corrected chi connectivity index (χ0v) is 21.6. The van der Waals surface area contributed by atoms with E-state index in [1.54, 1.807) is 36.5 Å². The highest BCUT2D eigenvalue weighted by Crippen LogP contribution is 2.31. The van der Waals surface area contributed by atoms with Crippen molar-refractivity contribution in [2.45, 2.75) is 6.92 Å². The van der Waals surface area contributed by atoms with Gasteiger partial charge in [-0.25, -0.2) is 15.0 Å². The lowest BCUT2D eigenvalue weighted by Crippen LogP contribution is -2.19. The summed E-state index contributed by atoms with van der Waals surface area (Å²) in [5.74, 6) is 6.53. The number of rotatable bonds is 7. The molecule has 0 aliphatic carbocycles. The Balaban J connectivity index is 1.55. The SMILES string of the molecule is COc1cc2c(C#Cc3cc(C(=O)Nc4ccc(OCCN(C)C)nc4)ccc3C)nc(N)nc2cc1O. The fraction of sp³-hybridized carbons (Fsp3) is 0.214. The number of anilines is 2. The van der Waals surface area contributed by atoms with Gasteiger partial charge in [0.15, 0.2) is 11.5 Å². The summed E-state index contributed by atoms with van der Waals surface area (Å²) in [5.41, 5.74) is 9.18. The van der Waals surface area contributed by atoms with Gasteiger partial charge in [0.1, 0.15) is 12.3 Å². The number of hydrogen-bond donors (Lipinski definition) is 3. The Morgan fingerprint density at radius 2 is 1.95 bits per heavy atom. The molecule has 1 amide bonds. The summed E-state index contributed by atoms with van der Waals surface area (Å²) in [6.45, 7) is 3.20. The van der Waals surface area contributed by atoms with Crippen LogP contribution in [0, 0.1) is 18.8 Å². The number of nitrogens with zero attached hydrogens (tertiary/aromatic N) is 4. The third kappa shape index (κ3) is 6.27. The van der Waals surface area contributed by atoms with E-state index < -0.39 is 0 Å². The Morgan fingerprint density at radius 3 is 2.66 bits per heavy atom. The highest BCUT2D eigenvalue weighted by molar-refractivity contribution is 6.04. The third-order valence-corrected chi connectivity index (χ3v) is 5.61. The van der Waals surface area contributed by atoms with Gasteiger partial charge < -0.3 is 30.5 Å². The van der Waals surface area contributed by atoms with E-state index in [0.29, 0.717) is 45.9 Å². The quantitative estimate of drug-likeness (QED) is 0.319. The summed E-state index contributed by atoms with van der Waals surface area (Å²) >= 11 is 0. The number of nitrogens with two attached hydrogens (primary N) is 1. The van der Waals surface area contributed by atoms with Gasteiger partial charge in [-0.15, -0.1) is 0 Å². The molecule has 0 fully saturated rings. The van der Waals surface area contributed by atoms with Gasteiger partial charge in [0.25, 0.3) is 5.91 Å². The Labute approximate surface area is 220 Å². The standard InChI is InChI=1S/C28H28N6O4/c1-17-5-6-19(27(36)31-20-8-10-26(30-16-20)38-12-11-34(2)3)13-18(17)7-9-22-21-14-25(37-4)24(35)15-23(21)33-28(29)32-22/h5-6,8,10,13-16,35H,11-12H2,1-4H3,(H,31,36)(H2,29,32,33). The molecule has 0 aliphatic rings. The number of ether oxygens (including phenoxy) is 2. The maximum atomic E-state index is 12.9. The molecular weight excluding hydrogens is 484 g/mol. The van der Waals surface area contributed by atoms with Crippen molar-refractivity contribution in [2.24, 2.45) is 0 Å². The van der Waals surface area contributed by atoms with Gasteiger partial charge in [-0.3, -0.25) is 4.79 Å². The van der Waals surface area contributed by atoms with Crippen LogP contribution >= 0.6 is 0 Å². The highest BCUT2D eigenvalue weighted by Gasteiger charge is 2.12. The average molecular weight is 513 g/mol. The van der Waals surface area contributed by atoms with Crippen molar-refractivity contribution < 1.29 is 19.4 Å². The van der Waals surface area contributed by atoms with Crippen molar-refractivity contribution in [1.29, 1.82) is 0 Å². The van der Waals surface area contributed by atoms with E-state index in [1.807, 2.05) is 32.0 Å². The number of aromatic nitrogens is 3. The van der Waals surface area contributed by atoms with Gasteiger partial charge in [-0.05, 0) is 56.8 Å². The fourth-order valence-corrected chi connectivity index (χ4v) is 3.52. The molecule has 10 heteroatoms. The zero-order valence-electron chi connectivity index (χ0n) is 21.6. The molecule has 0 aliphatic heterocycles. The van der Waals surface area contributed by atoms with E-state index in [9.17, 15) is 9.90 Å². The van der Waals surface area contributed by atoms with Gasteiger partial charge in [-0.2, -0.15) is 0 Å². The maximum Gasteiger partial charge on any atom is 0.255 e. The monoisotopic (exact) mass is 512 g/mol. The van der Waals surface area contributed by atoms with Crippen LogP contribution in [0.2, 0.25) is 0 Å². The number of fused-ring (bicyclic) bond motifs is 1. The number of aromatic hydroxyl groups is 1. The first-order valence-corrected chi connectivity index (χ1v) is 11.8. The normalized spacial score (nSPS) is 10.7. The lowest BCUT2D eigenvalue weighted by Gasteiger charge is -2.11. The van der Waals surface area contributed by atoms with Crippen molar-refractivity contribution in [3.05, 3.63) is 71.0 Å². The number of amides is 1. The molecule has 10 nitrogen and oxygen atoms in total. The third-order valence-electron chi connectivity index (χ3n) is 5.61. The van der Waals surface area contributed by atoms with Crippen LogP contribution < -0.4 is 20.5 Å². The molecule has 4 rings (SSSR count). The summed E-state index contributed by atoms with van der Waals surface area (Å²) in [6.07, 6.45) is 1.55. The number of carbonyl (C=O) groups is 1. The predicted molar refractivity (Wildman–Crippen MR) is 146 cm³/mol. The lowest BCUT2D eigenvalue weighted by molar-refractivity contribution is 0.102. The molecule has 0 spiro atoms. The molecule has 4 N–H and O–H groups in total. The molecular formula is C28H28N6O4. The Morgan fingerprint density at radius 1 is 1.13 bits per heavy atom. The number of aryl methyl sites for hydroxylation is 1. The van der Waals surface area contributed by atoms with Crippen LogP contribution in [0.15, 0.2) is 48.7 Å². The van der Waals surface area contributed by atoms with Crippen LogP contribution in [0.1, 0.15) is 27.2 Å². The number of pyridine rings is 1. The Bertz CT molecular complexity index is 1540. The number of phenols is 1. The molecule has 0 saturated carbocycles. The molecule has 38 heavy (non-hydrogen) atoms. The minimum Gasteiger partial charge on any atom is -0.504 e. The van der Waals surface area contributed by atoms with Crippen molar-refractivity contribution >= 4 is 28.4 Å². The smallest absolute Gasteiger partial charge is 0.255 e. The van der Waals surface area contributed by atoms with Crippen LogP contribution in [-0.4, -0.2) is 65.2 Å². The van der Waals surface area contributed by atoms with Gasteiger partial charge >= 0.3 is 0 Å². The first-order valence-electron chi connectivity index (χ1n) is 11.8. The van der Waals surface area contributed by atoms with Crippen molar-refractivity contribution in [3.63, 3.8) is 0 Å². The van der Waals surface area contributed by atoms with E-state index in [1.165, 1.54) is 13.2 Å². The molecule has 2 heterocycles. The van der Waals surface area contributed by atoms with Crippen LogP contribution in [0.3, 0.4) is 0 Å². The van der Waals surface area contributed by atoms with E-state index in [4.69, 9.17) is 15.2 Å². The molecule has 0 radical (unpaired) electrons. The van der Waals surface area contributed by atoms with Gasteiger partial charge in [0, 0.05) is 35.2 Å². The van der Waals surface area contributed by atoms with Crippen LogP contribution in [0.4, 0.5) is 11.6 Å². The number of hydrogen-bond acceptors (Lipinski definition) is 9. The van der Waals surface area contributed by atoms with Gasteiger partial charge in [0.2, 0.25) is 11.8 Å². The second-order valence-electron chi connectivity index (χ2n) is 8.74. The molecule has 0 unspecified atom stereocenters. The Kier molecular flexibility index (Phi) is 7.89. The van der Waals surface area contributed by atoms with E-state index in [2.05, 4.69) is 32.1 Å². The minimum absolute atomic E-state index is 0.0268. The number of nitrogen functional groups attached to an aromatic ring is 1. The van der Waals surface area contributed by atoms with Gasteiger partial charge in [-0.1, -0.05) is 12.0 Å². The Hall–Kier alpha value is -4.88. The summed E-state index contributed by atoms with van der Waals surface area (Å²) < 4.78 is 10.8. The number of nitrogens with one attached hydrogen (secondary N) is 1. The van der Waals surface area contributed by atoms with E-state index in [-0.39, 0.29) is 23.4 Å². The predicted octanol–water partition coefficient (Wildman–Crippen LogP) is 3.22. The van der Waals surface area contributed by atoms with Gasteiger partial charge in [0.05, 0.1) is 24.5 Å². The summed E-state index contributed by atoms with van der Waals surface area (Å²) in [7, 11) is 5.39. The largest absolute Gasteiger partial charge is 0.504 e. The number of phenolic OH excluding ortho intramolecular Hbond substituents is 1. The first-order chi connectivity index (χ1) is 18.2. The molecule has 2 aromatic carbocycles. The van der Waals surface area contributed by atoms with Crippen molar-refractivity contribution in [1.82, 2.24) is 19.9 Å². The maximum absolute atomic E-state index is 12.9. The zero-order chi connectivity index (χ0) is 27.2. The van der Waals surface area contributed by atoms with E-state index >= 15 is 0 Å². The molecule has 0 bridgehead atoms.